The van der Waals surface area contributed by atoms with Crippen LogP contribution in [0.25, 0.3) is 11.8 Å². The minimum atomic E-state index is -0.199. The number of thiazole rings is 1. The van der Waals surface area contributed by atoms with Crippen LogP contribution >= 0.6 is 11.3 Å². The van der Waals surface area contributed by atoms with Crippen molar-refractivity contribution >= 4 is 29.0 Å². The van der Waals surface area contributed by atoms with Crippen LogP contribution in [0.3, 0.4) is 0 Å². The van der Waals surface area contributed by atoms with E-state index in [1.165, 1.54) is 6.08 Å². The number of rotatable bonds is 4. The number of aryl methyl sites for hydroxylation is 3. The molecule has 1 N–H and O–H groups in total. The molecule has 0 aliphatic carbocycles. The van der Waals surface area contributed by atoms with Crippen LogP contribution in [-0.4, -0.2) is 20.7 Å². The fraction of sp³-hybridized carbons (Fsp3) is 0.167. The maximum Gasteiger partial charge on any atom is 0.248 e. The number of hydrogen-bond acceptors (Lipinski definition) is 4. The van der Waals surface area contributed by atoms with Gasteiger partial charge in [0, 0.05) is 17.2 Å². The predicted octanol–water partition coefficient (Wildman–Crippen LogP) is 3.91. The average Bonchev–Trinajstić information content (AvgIpc) is 3.11. The molecule has 0 aliphatic rings. The Labute approximate surface area is 144 Å². The summed E-state index contributed by atoms with van der Waals surface area (Å²) in [4.78, 5) is 16.5. The highest BCUT2D eigenvalue weighted by Gasteiger charge is 2.10. The van der Waals surface area contributed by atoms with Crippen molar-refractivity contribution in [2.75, 3.05) is 5.32 Å². The Morgan fingerprint density at radius 3 is 2.71 bits per heavy atom. The largest absolute Gasteiger partial charge is 0.321 e. The standard InChI is InChI=1S/C18H18N4OS/c1-12-10-13(2)22(21-12)17-7-5-4-6-16(17)20-18(23)9-8-15-11-24-14(3)19-15/h4-11H,1-3H3,(H,20,23)/b9-8+. The third-order valence-corrected chi connectivity index (χ3v) is 4.23. The number of aromatic nitrogens is 3. The second-order valence-corrected chi connectivity index (χ2v) is 6.53. The Hall–Kier alpha value is -2.73. The quantitative estimate of drug-likeness (QED) is 0.734. The van der Waals surface area contributed by atoms with Crippen LogP contribution in [-0.2, 0) is 4.79 Å². The first-order valence-electron chi connectivity index (χ1n) is 7.57. The Morgan fingerprint density at radius 1 is 1.25 bits per heavy atom. The van der Waals surface area contributed by atoms with E-state index >= 15 is 0 Å². The number of nitrogens with one attached hydrogen (secondary N) is 1. The van der Waals surface area contributed by atoms with Crippen molar-refractivity contribution in [1.29, 1.82) is 0 Å². The molecule has 0 atom stereocenters. The van der Waals surface area contributed by atoms with Crippen molar-refractivity contribution in [3.63, 3.8) is 0 Å². The molecule has 122 valence electrons. The fourth-order valence-electron chi connectivity index (χ4n) is 2.43. The Balaban J connectivity index is 1.81. The van der Waals surface area contributed by atoms with E-state index in [-0.39, 0.29) is 5.91 Å². The molecule has 2 heterocycles. The van der Waals surface area contributed by atoms with E-state index in [2.05, 4.69) is 15.4 Å². The van der Waals surface area contributed by atoms with Crippen molar-refractivity contribution in [1.82, 2.24) is 14.8 Å². The zero-order chi connectivity index (χ0) is 17.1. The summed E-state index contributed by atoms with van der Waals surface area (Å²) in [7, 11) is 0. The molecule has 0 aliphatic heterocycles. The van der Waals surface area contributed by atoms with Crippen LogP contribution < -0.4 is 5.32 Å². The number of amides is 1. The zero-order valence-electron chi connectivity index (χ0n) is 13.8. The predicted molar refractivity (Wildman–Crippen MR) is 97.6 cm³/mol. The monoisotopic (exact) mass is 338 g/mol. The van der Waals surface area contributed by atoms with E-state index in [9.17, 15) is 4.79 Å². The molecule has 0 fully saturated rings. The van der Waals surface area contributed by atoms with Gasteiger partial charge < -0.3 is 5.32 Å². The molecular formula is C18H18N4OS. The van der Waals surface area contributed by atoms with Crippen molar-refractivity contribution < 1.29 is 4.79 Å². The molecule has 0 bridgehead atoms. The highest BCUT2D eigenvalue weighted by atomic mass is 32.1. The van der Waals surface area contributed by atoms with Gasteiger partial charge in [0.1, 0.15) is 0 Å². The normalized spacial score (nSPS) is 11.1. The lowest BCUT2D eigenvalue weighted by molar-refractivity contribution is -0.111. The maximum atomic E-state index is 12.2. The number of nitrogens with zero attached hydrogens (tertiary/aromatic N) is 3. The maximum absolute atomic E-state index is 12.2. The summed E-state index contributed by atoms with van der Waals surface area (Å²) in [5.74, 6) is -0.199. The molecule has 0 unspecified atom stereocenters. The summed E-state index contributed by atoms with van der Waals surface area (Å²) in [6.07, 6.45) is 3.21. The number of hydrogen-bond donors (Lipinski definition) is 1. The first kappa shape index (κ1) is 16.1. The van der Waals surface area contributed by atoms with Gasteiger partial charge in [-0.05, 0) is 45.0 Å². The topological polar surface area (TPSA) is 59.8 Å². The Bertz CT molecular complexity index is 907. The number of benzene rings is 1. The SMILES string of the molecule is Cc1cc(C)n(-c2ccccc2NC(=O)/C=C/c2csc(C)n2)n1. The third kappa shape index (κ3) is 3.60. The van der Waals surface area contributed by atoms with Crippen LogP contribution in [0, 0.1) is 20.8 Å². The van der Waals surface area contributed by atoms with Gasteiger partial charge in [-0.1, -0.05) is 12.1 Å². The summed E-state index contributed by atoms with van der Waals surface area (Å²) in [5.41, 5.74) is 4.30. The lowest BCUT2D eigenvalue weighted by Crippen LogP contribution is -2.11. The van der Waals surface area contributed by atoms with Crippen molar-refractivity contribution in [3.05, 3.63) is 63.9 Å². The molecule has 5 nitrogen and oxygen atoms in total. The van der Waals surface area contributed by atoms with E-state index in [1.807, 2.05) is 61.2 Å². The third-order valence-electron chi connectivity index (χ3n) is 3.44. The second kappa shape index (κ2) is 6.80. The zero-order valence-corrected chi connectivity index (χ0v) is 14.6. The summed E-state index contributed by atoms with van der Waals surface area (Å²) in [6.45, 7) is 5.87. The second-order valence-electron chi connectivity index (χ2n) is 5.47. The molecule has 1 amide bonds. The van der Waals surface area contributed by atoms with Gasteiger partial charge in [-0.25, -0.2) is 9.67 Å². The fourth-order valence-corrected chi connectivity index (χ4v) is 3.01. The molecule has 3 rings (SSSR count). The van der Waals surface area contributed by atoms with Gasteiger partial charge in [-0.2, -0.15) is 5.10 Å². The van der Waals surface area contributed by atoms with E-state index in [0.29, 0.717) is 5.69 Å². The number of carbonyl (C=O) groups excluding carboxylic acids is 1. The Kier molecular flexibility index (Phi) is 4.57. The van der Waals surface area contributed by atoms with Gasteiger partial charge in [0.2, 0.25) is 5.91 Å². The molecule has 0 radical (unpaired) electrons. The molecule has 24 heavy (non-hydrogen) atoms. The van der Waals surface area contributed by atoms with Gasteiger partial charge in [-0.15, -0.1) is 11.3 Å². The van der Waals surface area contributed by atoms with Gasteiger partial charge in [0.25, 0.3) is 0 Å². The van der Waals surface area contributed by atoms with Crippen molar-refractivity contribution in [2.24, 2.45) is 0 Å². The van der Waals surface area contributed by atoms with Gasteiger partial charge in [0.15, 0.2) is 0 Å². The van der Waals surface area contributed by atoms with Crippen LogP contribution in [0.5, 0.6) is 0 Å². The minimum Gasteiger partial charge on any atom is -0.321 e. The van der Waals surface area contributed by atoms with Gasteiger partial charge >= 0.3 is 0 Å². The molecule has 2 aromatic heterocycles. The summed E-state index contributed by atoms with van der Waals surface area (Å²) >= 11 is 1.56. The van der Waals surface area contributed by atoms with E-state index in [0.717, 1.165) is 27.8 Å². The molecule has 3 aromatic rings. The molecule has 6 heteroatoms. The van der Waals surface area contributed by atoms with Gasteiger partial charge in [-0.3, -0.25) is 4.79 Å². The number of para-hydroxylation sites is 2. The van der Waals surface area contributed by atoms with Crippen LogP contribution in [0.2, 0.25) is 0 Å². The van der Waals surface area contributed by atoms with Crippen molar-refractivity contribution in [2.45, 2.75) is 20.8 Å². The molecule has 0 spiro atoms. The lowest BCUT2D eigenvalue weighted by atomic mass is 10.2. The average molecular weight is 338 g/mol. The molecular weight excluding hydrogens is 320 g/mol. The van der Waals surface area contributed by atoms with E-state index in [4.69, 9.17) is 0 Å². The van der Waals surface area contributed by atoms with Crippen LogP contribution in [0.4, 0.5) is 5.69 Å². The highest BCUT2D eigenvalue weighted by Crippen LogP contribution is 2.21. The molecule has 0 saturated carbocycles. The summed E-state index contributed by atoms with van der Waals surface area (Å²) in [6, 6.07) is 9.61. The lowest BCUT2D eigenvalue weighted by Gasteiger charge is -2.11. The first-order chi connectivity index (χ1) is 11.5. The van der Waals surface area contributed by atoms with E-state index in [1.54, 1.807) is 17.4 Å². The smallest absolute Gasteiger partial charge is 0.248 e. The van der Waals surface area contributed by atoms with E-state index < -0.39 is 0 Å². The molecule has 0 saturated heterocycles. The van der Waals surface area contributed by atoms with Crippen LogP contribution in [0.15, 0.2) is 41.8 Å². The van der Waals surface area contributed by atoms with Crippen molar-refractivity contribution in [3.8, 4) is 5.69 Å². The summed E-state index contributed by atoms with van der Waals surface area (Å²) < 4.78 is 1.83. The Morgan fingerprint density at radius 2 is 2.04 bits per heavy atom. The summed E-state index contributed by atoms with van der Waals surface area (Å²) in [5, 5.41) is 10.3. The minimum absolute atomic E-state index is 0.199. The highest BCUT2D eigenvalue weighted by molar-refractivity contribution is 7.09. The number of anilines is 1. The number of carbonyl (C=O) groups is 1. The van der Waals surface area contributed by atoms with Gasteiger partial charge in [0.05, 0.1) is 27.8 Å². The van der Waals surface area contributed by atoms with Crippen LogP contribution in [0.1, 0.15) is 22.1 Å². The first-order valence-corrected chi connectivity index (χ1v) is 8.45. The molecule has 1 aromatic carbocycles.